The van der Waals surface area contributed by atoms with Gasteiger partial charge in [0.05, 0.1) is 16.9 Å². The van der Waals surface area contributed by atoms with Crippen molar-refractivity contribution in [3.63, 3.8) is 0 Å². The number of hydrogen-bond acceptors (Lipinski definition) is 3. The normalized spacial score (nSPS) is 19.3. The molecule has 0 aliphatic heterocycles. The number of anilines is 1. The van der Waals surface area contributed by atoms with E-state index in [9.17, 15) is 8.78 Å². The summed E-state index contributed by atoms with van der Waals surface area (Å²) in [5.74, 6) is -2.62. The number of alkyl halides is 2. The fourth-order valence-electron chi connectivity index (χ4n) is 1.62. The van der Waals surface area contributed by atoms with Gasteiger partial charge in [0.25, 0.3) is 5.92 Å². The van der Waals surface area contributed by atoms with E-state index in [1.807, 2.05) is 0 Å². The maximum absolute atomic E-state index is 12.9. The van der Waals surface area contributed by atoms with E-state index in [1.165, 1.54) is 12.3 Å². The largest absolute Gasteiger partial charge is 0.396 e. The summed E-state index contributed by atoms with van der Waals surface area (Å²) in [5, 5.41) is 7.80. The van der Waals surface area contributed by atoms with Gasteiger partial charge in [-0.25, -0.2) is 8.78 Å². The smallest absolute Gasteiger partial charge is 0.251 e. The lowest BCUT2D eigenvalue weighted by molar-refractivity contribution is -0.00605. The van der Waals surface area contributed by atoms with Gasteiger partial charge in [-0.3, -0.25) is 0 Å². The molecule has 1 aromatic heterocycles. The highest BCUT2D eigenvalue weighted by molar-refractivity contribution is 6.33. The Balaban J connectivity index is 2.33. The number of halogens is 3. The number of nitrogen functional groups attached to an aromatic ring is 1. The van der Waals surface area contributed by atoms with Crippen molar-refractivity contribution in [2.75, 3.05) is 5.73 Å². The molecule has 2 rings (SSSR count). The molecule has 0 amide bonds. The summed E-state index contributed by atoms with van der Waals surface area (Å²) in [6, 6.07) is 0. The van der Waals surface area contributed by atoms with Gasteiger partial charge in [0.2, 0.25) is 0 Å². The Labute approximate surface area is 96.3 Å². The molecule has 1 heterocycles. The third-order valence-electron chi connectivity index (χ3n) is 2.55. The van der Waals surface area contributed by atoms with Crippen LogP contribution in [0.2, 0.25) is 5.02 Å². The predicted octanol–water partition coefficient (Wildman–Crippen LogP) is 2.91. The van der Waals surface area contributed by atoms with Crippen molar-refractivity contribution in [2.24, 2.45) is 0 Å². The lowest BCUT2D eigenvalue weighted by Crippen LogP contribution is -2.18. The van der Waals surface area contributed by atoms with E-state index in [0.717, 1.165) is 0 Å². The van der Waals surface area contributed by atoms with E-state index in [0.29, 0.717) is 22.0 Å². The molecule has 86 valence electrons. The van der Waals surface area contributed by atoms with Crippen molar-refractivity contribution in [2.45, 2.75) is 25.2 Å². The minimum Gasteiger partial charge on any atom is -0.396 e. The van der Waals surface area contributed by atoms with Crippen molar-refractivity contribution >= 4 is 22.9 Å². The van der Waals surface area contributed by atoms with Gasteiger partial charge in [-0.05, 0) is 12.0 Å². The van der Waals surface area contributed by atoms with Crippen molar-refractivity contribution in [1.82, 2.24) is 10.2 Å². The van der Waals surface area contributed by atoms with Gasteiger partial charge in [-0.1, -0.05) is 17.7 Å². The minimum atomic E-state index is -2.62. The van der Waals surface area contributed by atoms with Crippen LogP contribution in [0.25, 0.3) is 5.57 Å². The molecule has 0 unspecified atom stereocenters. The van der Waals surface area contributed by atoms with Crippen LogP contribution in [0.3, 0.4) is 0 Å². The molecule has 0 spiro atoms. The van der Waals surface area contributed by atoms with Crippen LogP contribution in [0.5, 0.6) is 0 Å². The Hall–Kier alpha value is -1.23. The molecule has 1 aliphatic carbocycles. The summed E-state index contributed by atoms with van der Waals surface area (Å²) in [4.78, 5) is 0. The molecule has 2 N–H and O–H groups in total. The zero-order chi connectivity index (χ0) is 11.8. The van der Waals surface area contributed by atoms with E-state index in [2.05, 4.69) is 10.2 Å². The van der Waals surface area contributed by atoms with Crippen LogP contribution in [-0.4, -0.2) is 16.1 Å². The van der Waals surface area contributed by atoms with Gasteiger partial charge in [0, 0.05) is 12.8 Å². The maximum Gasteiger partial charge on any atom is 0.251 e. The molecule has 0 bridgehead atoms. The van der Waals surface area contributed by atoms with Crippen LogP contribution in [0.1, 0.15) is 25.0 Å². The second-order valence-corrected chi connectivity index (χ2v) is 4.15. The predicted molar refractivity (Wildman–Crippen MR) is 58.2 cm³/mol. The number of rotatable bonds is 1. The molecule has 3 nitrogen and oxygen atoms in total. The monoisotopic (exact) mass is 245 g/mol. The Morgan fingerprint density at radius 2 is 2.19 bits per heavy atom. The highest BCUT2D eigenvalue weighted by Crippen LogP contribution is 2.37. The van der Waals surface area contributed by atoms with Gasteiger partial charge in [-0.15, -0.1) is 5.10 Å². The van der Waals surface area contributed by atoms with E-state index < -0.39 is 5.92 Å². The summed E-state index contributed by atoms with van der Waals surface area (Å²) in [6.07, 6.45) is 2.56. The van der Waals surface area contributed by atoms with Gasteiger partial charge in [0.15, 0.2) is 0 Å². The summed E-state index contributed by atoms with van der Waals surface area (Å²) in [7, 11) is 0. The molecule has 1 aliphatic rings. The van der Waals surface area contributed by atoms with Crippen molar-refractivity contribution in [3.05, 3.63) is 23.0 Å². The number of allylic oxidation sites excluding steroid dienone is 2. The second kappa shape index (κ2) is 3.97. The SMILES string of the molecule is Nc1c(Cl)cnnc1C1=CCC(F)(F)CC1. The van der Waals surface area contributed by atoms with Crippen LogP contribution in [0, 0.1) is 0 Å². The lowest BCUT2D eigenvalue weighted by Gasteiger charge is -2.21. The van der Waals surface area contributed by atoms with E-state index in [1.54, 1.807) is 0 Å². The fraction of sp³-hybridized carbons (Fsp3) is 0.400. The van der Waals surface area contributed by atoms with Crippen LogP contribution >= 0.6 is 11.6 Å². The number of nitrogens with two attached hydrogens (primary N) is 1. The minimum absolute atomic E-state index is 0.188. The quantitative estimate of drug-likeness (QED) is 0.828. The third kappa shape index (κ3) is 2.14. The zero-order valence-corrected chi connectivity index (χ0v) is 9.14. The van der Waals surface area contributed by atoms with E-state index in [4.69, 9.17) is 17.3 Å². The lowest BCUT2D eigenvalue weighted by atomic mass is 9.94. The molecule has 0 saturated heterocycles. The van der Waals surface area contributed by atoms with Gasteiger partial charge in [-0.2, -0.15) is 5.10 Å². The Bertz CT molecular complexity index is 446. The topological polar surface area (TPSA) is 51.8 Å². The third-order valence-corrected chi connectivity index (χ3v) is 2.85. The number of aromatic nitrogens is 2. The first-order valence-corrected chi connectivity index (χ1v) is 5.21. The van der Waals surface area contributed by atoms with Crippen LogP contribution in [0.4, 0.5) is 14.5 Å². The molecule has 16 heavy (non-hydrogen) atoms. The second-order valence-electron chi connectivity index (χ2n) is 3.74. The Morgan fingerprint density at radius 1 is 1.44 bits per heavy atom. The molecular weight excluding hydrogens is 236 g/mol. The Morgan fingerprint density at radius 3 is 2.81 bits per heavy atom. The first-order valence-electron chi connectivity index (χ1n) is 4.83. The standard InChI is InChI=1S/C10H10ClF2N3/c11-7-5-15-16-9(8(7)14)6-1-3-10(12,13)4-2-6/h1,5H,2-4H2,(H2,14,15). The molecule has 0 atom stereocenters. The van der Waals surface area contributed by atoms with Gasteiger partial charge in [0.1, 0.15) is 5.69 Å². The number of nitrogens with zero attached hydrogens (tertiary/aromatic N) is 2. The van der Waals surface area contributed by atoms with E-state index in [-0.39, 0.29) is 19.3 Å². The maximum atomic E-state index is 12.9. The summed E-state index contributed by atoms with van der Waals surface area (Å²) >= 11 is 5.79. The van der Waals surface area contributed by atoms with Crippen molar-refractivity contribution in [1.29, 1.82) is 0 Å². The molecule has 0 aromatic carbocycles. The molecule has 0 radical (unpaired) electrons. The summed E-state index contributed by atoms with van der Waals surface area (Å²) in [6.45, 7) is 0. The average Bonchev–Trinajstić information content (AvgIpc) is 2.23. The molecule has 1 aromatic rings. The average molecular weight is 246 g/mol. The van der Waals surface area contributed by atoms with Crippen LogP contribution < -0.4 is 5.73 Å². The highest BCUT2D eigenvalue weighted by atomic mass is 35.5. The Kier molecular flexibility index (Phi) is 2.80. The van der Waals surface area contributed by atoms with Crippen LogP contribution in [-0.2, 0) is 0 Å². The zero-order valence-electron chi connectivity index (χ0n) is 8.38. The van der Waals surface area contributed by atoms with Gasteiger partial charge < -0.3 is 5.73 Å². The molecule has 0 fully saturated rings. The summed E-state index contributed by atoms with van der Waals surface area (Å²) in [5.41, 5.74) is 7.13. The van der Waals surface area contributed by atoms with Crippen LogP contribution in [0.15, 0.2) is 12.3 Å². The first kappa shape index (κ1) is 11.3. The summed E-state index contributed by atoms with van der Waals surface area (Å²) < 4.78 is 25.9. The first-order chi connectivity index (χ1) is 7.49. The van der Waals surface area contributed by atoms with Crippen molar-refractivity contribution in [3.8, 4) is 0 Å². The van der Waals surface area contributed by atoms with E-state index >= 15 is 0 Å². The van der Waals surface area contributed by atoms with Gasteiger partial charge >= 0.3 is 0 Å². The molecule has 0 saturated carbocycles. The van der Waals surface area contributed by atoms with Crippen molar-refractivity contribution < 1.29 is 8.78 Å². The highest BCUT2D eigenvalue weighted by Gasteiger charge is 2.32. The number of hydrogen-bond donors (Lipinski definition) is 1. The molecule has 6 heteroatoms. The fourth-order valence-corrected chi connectivity index (χ4v) is 1.75. The molecular formula is C10H10ClF2N3.